The zero-order valence-electron chi connectivity index (χ0n) is 16.9. The van der Waals surface area contributed by atoms with Crippen LogP contribution in [-0.2, 0) is 11.3 Å². The number of halogens is 1. The monoisotopic (exact) mass is 404 g/mol. The Bertz CT molecular complexity index is 850. The Balaban J connectivity index is 1.86. The van der Waals surface area contributed by atoms with Gasteiger partial charge in [0.2, 0.25) is 5.91 Å². The molecule has 1 amide bonds. The lowest BCUT2D eigenvalue weighted by Crippen LogP contribution is -2.46. The van der Waals surface area contributed by atoms with Crippen LogP contribution in [0, 0.1) is 18.7 Å². The first-order valence-corrected chi connectivity index (χ1v) is 11.0. The lowest BCUT2D eigenvalue weighted by molar-refractivity contribution is -0.138. The fourth-order valence-corrected chi connectivity index (χ4v) is 5.02. The third-order valence-corrected chi connectivity index (χ3v) is 7.00. The number of aromatic nitrogens is 1. The summed E-state index contributed by atoms with van der Waals surface area (Å²) < 4.78 is 14.9. The standard InChI is InChI=1S/C22H29FN2O2S/c1-4-17-5-11-20(12-6-17)25(16(3)18-7-9-19(23)10-8-18)21(26)13-24-15(2)14-28-22(24)27/h7-10,14,16-17,20H,4-6,11-13H2,1-3H3/t16-,17?,20?/m1/s1. The summed E-state index contributed by atoms with van der Waals surface area (Å²) in [5.74, 6) is 0.411. The smallest absolute Gasteiger partial charge is 0.307 e. The molecule has 28 heavy (non-hydrogen) atoms. The molecule has 1 fully saturated rings. The van der Waals surface area contributed by atoms with Gasteiger partial charge in [-0.1, -0.05) is 36.8 Å². The number of rotatable bonds is 6. The molecule has 3 rings (SSSR count). The van der Waals surface area contributed by atoms with E-state index in [2.05, 4.69) is 6.92 Å². The minimum Gasteiger partial charge on any atom is -0.331 e. The number of hydrogen-bond donors (Lipinski definition) is 0. The van der Waals surface area contributed by atoms with Crippen molar-refractivity contribution in [2.75, 3.05) is 0 Å². The first kappa shape index (κ1) is 20.8. The van der Waals surface area contributed by atoms with Crippen LogP contribution in [0.15, 0.2) is 34.4 Å². The molecule has 1 aromatic heterocycles. The number of thiazole rings is 1. The first-order valence-electron chi connectivity index (χ1n) is 10.1. The third kappa shape index (κ3) is 4.54. The quantitative estimate of drug-likeness (QED) is 0.686. The summed E-state index contributed by atoms with van der Waals surface area (Å²) in [5, 5.41) is 1.79. The summed E-state index contributed by atoms with van der Waals surface area (Å²) in [6, 6.07) is 6.38. The van der Waals surface area contributed by atoms with E-state index in [1.807, 2.05) is 18.7 Å². The number of nitrogens with zero attached hydrogens (tertiary/aromatic N) is 2. The van der Waals surface area contributed by atoms with Crippen molar-refractivity contribution < 1.29 is 9.18 Å². The van der Waals surface area contributed by atoms with Crippen LogP contribution in [0.2, 0.25) is 0 Å². The van der Waals surface area contributed by atoms with E-state index in [9.17, 15) is 14.0 Å². The van der Waals surface area contributed by atoms with Gasteiger partial charge >= 0.3 is 4.87 Å². The van der Waals surface area contributed by atoms with Crippen molar-refractivity contribution in [1.29, 1.82) is 0 Å². The lowest BCUT2D eigenvalue weighted by atomic mass is 9.83. The topological polar surface area (TPSA) is 42.3 Å². The Labute approximate surface area is 170 Å². The van der Waals surface area contributed by atoms with Crippen LogP contribution in [0.4, 0.5) is 4.39 Å². The third-order valence-electron chi connectivity index (χ3n) is 6.11. The van der Waals surface area contributed by atoms with Gasteiger partial charge in [0, 0.05) is 17.1 Å². The summed E-state index contributed by atoms with van der Waals surface area (Å²) in [6.07, 6.45) is 5.38. The molecule has 0 saturated heterocycles. The number of benzene rings is 1. The number of carbonyl (C=O) groups excluding carboxylic acids is 1. The molecule has 1 aliphatic carbocycles. The fraction of sp³-hybridized carbons (Fsp3) is 0.545. The van der Waals surface area contributed by atoms with Crippen molar-refractivity contribution in [2.45, 2.75) is 71.5 Å². The molecule has 0 radical (unpaired) electrons. The molecule has 152 valence electrons. The normalized spacial score (nSPS) is 20.7. The second kappa shape index (κ2) is 9.03. The fourth-order valence-electron chi connectivity index (χ4n) is 4.28. The maximum atomic E-state index is 13.4. The van der Waals surface area contributed by atoms with Crippen LogP contribution in [0.5, 0.6) is 0 Å². The van der Waals surface area contributed by atoms with Crippen molar-refractivity contribution in [3.05, 3.63) is 56.4 Å². The van der Waals surface area contributed by atoms with E-state index in [0.29, 0.717) is 0 Å². The highest BCUT2D eigenvalue weighted by atomic mass is 32.1. The molecular formula is C22H29FN2O2S. The molecule has 1 atom stereocenters. The maximum absolute atomic E-state index is 13.4. The molecule has 1 heterocycles. The number of hydrogen-bond acceptors (Lipinski definition) is 3. The molecule has 0 aliphatic heterocycles. The predicted octanol–water partition coefficient (Wildman–Crippen LogP) is 4.92. The van der Waals surface area contributed by atoms with Gasteiger partial charge in [0.25, 0.3) is 0 Å². The van der Waals surface area contributed by atoms with Gasteiger partial charge in [0.15, 0.2) is 0 Å². The van der Waals surface area contributed by atoms with Gasteiger partial charge in [-0.05, 0) is 63.1 Å². The van der Waals surface area contributed by atoms with Crippen molar-refractivity contribution in [3.8, 4) is 0 Å². The predicted molar refractivity (Wildman–Crippen MR) is 111 cm³/mol. The van der Waals surface area contributed by atoms with Gasteiger partial charge in [-0.25, -0.2) is 4.39 Å². The summed E-state index contributed by atoms with van der Waals surface area (Å²) in [5.41, 5.74) is 1.73. The lowest BCUT2D eigenvalue weighted by Gasteiger charge is -2.40. The Morgan fingerprint density at radius 3 is 2.43 bits per heavy atom. The molecular weight excluding hydrogens is 375 g/mol. The van der Waals surface area contributed by atoms with E-state index in [1.165, 1.54) is 18.6 Å². The van der Waals surface area contributed by atoms with E-state index < -0.39 is 0 Å². The minimum absolute atomic E-state index is 0.0413. The van der Waals surface area contributed by atoms with Crippen molar-refractivity contribution >= 4 is 17.2 Å². The van der Waals surface area contributed by atoms with E-state index in [0.717, 1.165) is 54.2 Å². The molecule has 6 heteroatoms. The average Bonchev–Trinajstić information content (AvgIpc) is 3.01. The SMILES string of the molecule is CCC1CCC(N(C(=O)Cn2c(C)csc2=O)[C@H](C)c2ccc(F)cc2)CC1. The summed E-state index contributed by atoms with van der Waals surface area (Å²) >= 11 is 1.12. The zero-order chi connectivity index (χ0) is 20.3. The summed E-state index contributed by atoms with van der Waals surface area (Å²) in [6.45, 7) is 6.14. The van der Waals surface area contributed by atoms with Crippen molar-refractivity contribution in [2.24, 2.45) is 5.92 Å². The molecule has 0 N–H and O–H groups in total. The Kier molecular flexibility index (Phi) is 6.70. The molecule has 0 spiro atoms. The average molecular weight is 405 g/mol. The maximum Gasteiger partial charge on any atom is 0.307 e. The first-order chi connectivity index (χ1) is 13.4. The van der Waals surface area contributed by atoms with Gasteiger partial charge in [0.1, 0.15) is 12.4 Å². The molecule has 0 bridgehead atoms. The molecule has 0 unspecified atom stereocenters. The second-order valence-electron chi connectivity index (χ2n) is 7.84. The Morgan fingerprint density at radius 1 is 1.25 bits per heavy atom. The van der Waals surface area contributed by atoms with Crippen LogP contribution in [0.3, 0.4) is 0 Å². The zero-order valence-corrected chi connectivity index (χ0v) is 17.7. The van der Waals surface area contributed by atoms with Crippen LogP contribution in [0.1, 0.15) is 63.3 Å². The molecule has 2 aromatic rings. The van der Waals surface area contributed by atoms with Crippen LogP contribution >= 0.6 is 11.3 Å². The largest absolute Gasteiger partial charge is 0.331 e. The van der Waals surface area contributed by atoms with Crippen LogP contribution < -0.4 is 4.87 Å². The minimum atomic E-state index is -0.280. The van der Waals surface area contributed by atoms with Gasteiger partial charge in [0.05, 0.1) is 6.04 Å². The van der Waals surface area contributed by atoms with Crippen molar-refractivity contribution in [1.82, 2.24) is 9.47 Å². The highest BCUT2D eigenvalue weighted by molar-refractivity contribution is 7.07. The van der Waals surface area contributed by atoms with Gasteiger partial charge in [-0.15, -0.1) is 0 Å². The Hall–Kier alpha value is -1.95. The Morgan fingerprint density at radius 2 is 1.89 bits per heavy atom. The van der Waals surface area contributed by atoms with E-state index in [1.54, 1.807) is 22.1 Å². The van der Waals surface area contributed by atoms with Gasteiger partial charge in [-0.2, -0.15) is 0 Å². The number of amides is 1. The molecule has 1 aliphatic rings. The van der Waals surface area contributed by atoms with Crippen molar-refractivity contribution in [3.63, 3.8) is 0 Å². The van der Waals surface area contributed by atoms with Crippen LogP contribution in [-0.4, -0.2) is 21.4 Å². The van der Waals surface area contributed by atoms with E-state index in [4.69, 9.17) is 0 Å². The highest BCUT2D eigenvalue weighted by Gasteiger charge is 2.32. The van der Waals surface area contributed by atoms with Gasteiger partial charge < -0.3 is 4.90 Å². The molecule has 1 aromatic carbocycles. The van der Waals surface area contributed by atoms with Crippen LogP contribution in [0.25, 0.3) is 0 Å². The number of aryl methyl sites for hydroxylation is 1. The van der Waals surface area contributed by atoms with Gasteiger partial charge in [-0.3, -0.25) is 14.2 Å². The highest BCUT2D eigenvalue weighted by Crippen LogP contribution is 2.34. The number of carbonyl (C=O) groups is 1. The van der Waals surface area contributed by atoms with E-state index in [-0.39, 0.29) is 35.2 Å². The van der Waals surface area contributed by atoms with E-state index >= 15 is 0 Å². The molecule has 4 nitrogen and oxygen atoms in total. The summed E-state index contributed by atoms with van der Waals surface area (Å²) in [4.78, 5) is 27.3. The second-order valence-corrected chi connectivity index (χ2v) is 8.66. The molecule has 1 saturated carbocycles. The summed E-state index contributed by atoms with van der Waals surface area (Å²) in [7, 11) is 0.